The van der Waals surface area contributed by atoms with Crippen molar-refractivity contribution in [1.82, 2.24) is 0 Å². The molecule has 1 atom stereocenters. The average Bonchev–Trinajstić information content (AvgIpc) is 2.38. The van der Waals surface area contributed by atoms with Gasteiger partial charge in [0.15, 0.2) is 0 Å². The van der Waals surface area contributed by atoms with Crippen LogP contribution < -0.4 is 4.72 Å². The maximum absolute atomic E-state index is 10.4. The number of nitrogens with one attached hydrogen (secondary N) is 1. The lowest BCUT2D eigenvalue weighted by Crippen LogP contribution is -2.01. The molecule has 2 rings (SSSR count). The van der Waals surface area contributed by atoms with Gasteiger partial charge in [-0.05, 0) is 36.4 Å². The van der Waals surface area contributed by atoms with Gasteiger partial charge in [-0.2, -0.15) is 10.2 Å². The van der Waals surface area contributed by atoms with Gasteiger partial charge in [0, 0.05) is 17.0 Å². The molecule has 0 aliphatic heterocycles. The molecule has 0 aliphatic carbocycles. The molecule has 0 heterocycles. The van der Waals surface area contributed by atoms with Crippen LogP contribution in [0.4, 0.5) is 17.1 Å². The number of rotatable bonds is 4. The van der Waals surface area contributed by atoms with E-state index >= 15 is 0 Å². The monoisotopic (exact) mass is 260 g/mol. The SMILES string of the molecule is O=S([O-])Nc1ccc(N=Nc2ccccc2)cc1. The maximum Gasteiger partial charge on any atom is 0.0858 e. The fourth-order valence-electron chi connectivity index (χ4n) is 1.30. The summed E-state index contributed by atoms with van der Waals surface area (Å²) in [5, 5.41) is 8.09. The fourth-order valence-corrected chi connectivity index (χ4v) is 1.63. The van der Waals surface area contributed by atoms with Gasteiger partial charge in [0.05, 0.1) is 11.4 Å². The molecule has 0 spiro atoms. The third-order valence-electron chi connectivity index (χ3n) is 2.11. The van der Waals surface area contributed by atoms with E-state index in [4.69, 9.17) is 0 Å². The van der Waals surface area contributed by atoms with E-state index in [0.29, 0.717) is 11.4 Å². The molecule has 0 saturated carbocycles. The van der Waals surface area contributed by atoms with Crippen LogP contribution in [0, 0.1) is 0 Å². The maximum atomic E-state index is 10.4. The smallest absolute Gasteiger partial charge is 0.0858 e. The van der Waals surface area contributed by atoms with Gasteiger partial charge in [-0.3, -0.25) is 4.21 Å². The lowest BCUT2D eigenvalue weighted by Gasteiger charge is -2.07. The molecular weight excluding hydrogens is 250 g/mol. The standard InChI is InChI=1S/C12H11N3O2S/c16-18(17)15-12-8-6-11(7-9-12)14-13-10-4-2-1-3-5-10/h1-9,15H,(H,16,17)/p-1. The molecule has 1 unspecified atom stereocenters. The van der Waals surface area contributed by atoms with Crippen molar-refractivity contribution in [2.45, 2.75) is 0 Å². The number of benzene rings is 2. The van der Waals surface area contributed by atoms with E-state index in [-0.39, 0.29) is 0 Å². The first-order valence-corrected chi connectivity index (χ1v) is 6.24. The summed E-state index contributed by atoms with van der Waals surface area (Å²) < 4.78 is 23.1. The molecule has 6 heteroatoms. The van der Waals surface area contributed by atoms with Gasteiger partial charge in [-0.25, -0.2) is 0 Å². The zero-order chi connectivity index (χ0) is 12.8. The summed E-state index contributed by atoms with van der Waals surface area (Å²) in [6, 6.07) is 16.0. The largest absolute Gasteiger partial charge is 0.755 e. The summed E-state index contributed by atoms with van der Waals surface area (Å²) in [4.78, 5) is 0. The molecule has 0 fully saturated rings. The molecule has 92 valence electrons. The van der Waals surface area contributed by atoms with Crippen molar-refractivity contribution in [2.75, 3.05) is 4.72 Å². The molecule has 5 nitrogen and oxygen atoms in total. The summed E-state index contributed by atoms with van der Waals surface area (Å²) in [7, 11) is 0. The Bertz CT molecular complexity index is 555. The van der Waals surface area contributed by atoms with Crippen molar-refractivity contribution in [2.24, 2.45) is 10.2 Å². The normalized spacial score (nSPS) is 12.5. The van der Waals surface area contributed by atoms with Crippen LogP contribution in [-0.4, -0.2) is 8.76 Å². The van der Waals surface area contributed by atoms with Crippen LogP contribution in [0.2, 0.25) is 0 Å². The first-order chi connectivity index (χ1) is 8.74. The minimum atomic E-state index is -2.31. The van der Waals surface area contributed by atoms with E-state index < -0.39 is 11.3 Å². The second-order valence-corrected chi connectivity index (χ2v) is 4.09. The van der Waals surface area contributed by atoms with Crippen molar-refractivity contribution in [3.05, 3.63) is 54.6 Å². The number of nitrogens with zero attached hydrogens (tertiary/aromatic N) is 2. The summed E-state index contributed by atoms with van der Waals surface area (Å²) in [6.45, 7) is 0. The van der Waals surface area contributed by atoms with Crippen molar-refractivity contribution in [3.8, 4) is 0 Å². The predicted molar refractivity (Wildman–Crippen MR) is 69.6 cm³/mol. The van der Waals surface area contributed by atoms with Gasteiger partial charge in [0.1, 0.15) is 0 Å². The molecule has 2 aromatic carbocycles. The van der Waals surface area contributed by atoms with Crippen LogP contribution in [0.1, 0.15) is 0 Å². The van der Waals surface area contributed by atoms with Crippen LogP contribution >= 0.6 is 0 Å². The van der Waals surface area contributed by atoms with Crippen molar-refractivity contribution in [3.63, 3.8) is 0 Å². The minimum Gasteiger partial charge on any atom is -0.755 e. The molecule has 0 saturated heterocycles. The van der Waals surface area contributed by atoms with Gasteiger partial charge in [-0.1, -0.05) is 18.2 Å². The third-order valence-corrected chi connectivity index (χ3v) is 2.51. The van der Waals surface area contributed by atoms with Gasteiger partial charge in [0.2, 0.25) is 0 Å². The molecule has 0 radical (unpaired) electrons. The van der Waals surface area contributed by atoms with Crippen molar-refractivity contribution >= 4 is 28.3 Å². The number of hydrogen-bond donors (Lipinski definition) is 1. The zero-order valence-electron chi connectivity index (χ0n) is 9.32. The Hall–Kier alpha value is -2.05. The Morgan fingerprint density at radius 1 is 0.889 bits per heavy atom. The average molecular weight is 260 g/mol. The highest BCUT2D eigenvalue weighted by atomic mass is 32.2. The topological polar surface area (TPSA) is 76.9 Å². The number of azo groups is 1. The van der Waals surface area contributed by atoms with Gasteiger partial charge < -0.3 is 9.27 Å². The summed E-state index contributed by atoms with van der Waals surface area (Å²) in [6.07, 6.45) is 0. The molecule has 0 amide bonds. The van der Waals surface area contributed by atoms with E-state index in [0.717, 1.165) is 5.69 Å². The second kappa shape index (κ2) is 6.04. The van der Waals surface area contributed by atoms with Crippen LogP contribution in [0.25, 0.3) is 0 Å². The Labute approximate surface area is 107 Å². The van der Waals surface area contributed by atoms with Gasteiger partial charge >= 0.3 is 0 Å². The highest BCUT2D eigenvalue weighted by molar-refractivity contribution is 7.80. The molecule has 0 aliphatic rings. The molecule has 0 aromatic heterocycles. The second-order valence-electron chi connectivity index (χ2n) is 3.42. The summed E-state index contributed by atoms with van der Waals surface area (Å²) >= 11 is -2.31. The van der Waals surface area contributed by atoms with E-state index in [2.05, 4.69) is 15.0 Å². The predicted octanol–water partition coefficient (Wildman–Crippen LogP) is 3.31. The molecule has 18 heavy (non-hydrogen) atoms. The van der Waals surface area contributed by atoms with Gasteiger partial charge in [-0.15, -0.1) is 0 Å². The van der Waals surface area contributed by atoms with E-state index in [9.17, 15) is 8.76 Å². The fraction of sp³-hybridized carbons (Fsp3) is 0. The van der Waals surface area contributed by atoms with Crippen LogP contribution in [-0.2, 0) is 11.3 Å². The van der Waals surface area contributed by atoms with Crippen molar-refractivity contribution < 1.29 is 8.76 Å². The van der Waals surface area contributed by atoms with E-state index in [1.807, 2.05) is 30.3 Å². The van der Waals surface area contributed by atoms with Crippen LogP contribution in [0.3, 0.4) is 0 Å². The third kappa shape index (κ3) is 3.76. The van der Waals surface area contributed by atoms with Gasteiger partial charge in [0.25, 0.3) is 0 Å². The Morgan fingerprint density at radius 3 is 2.00 bits per heavy atom. The number of hydrogen-bond acceptors (Lipinski definition) is 4. The van der Waals surface area contributed by atoms with E-state index in [1.54, 1.807) is 24.3 Å². The zero-order valence-corrected chi connectivity index (χ0v) is 10.1. The molecular formula is C12H10N3O2S-. The highest BCUT2D eigenvalue weighted by Crippen LogP contribution is 2.19. The van der Waals surface area contributed by atoms with Crippen molar-refractivity contribution in [1.29, 1.82) is 0 Å². The molecule has 0 bridgehead atoms. The Balaban J connectivity index is 2.06. The minimum absolute atomic E-state index is 0.488. The highest BCUT2D eigenvalue weighted by Gasteiger charge is 1.93. The first-order valence-electron chi connectivity index (χ1n) is 5.17. The van der Waals surface area contributed by atoms with Crippen LogP contribution in [0.15, 0.2) is 64.8 Å². The first kappa shape index (κ1) is 12.4. The summed E-state index contributed by atoms with van der Waals surface area (Å²) in [5.41, 5.74) is 1.91. The Kier molecular flexibility index (Phi) is 4.16. The molecule has 1 N–H and O–H groups in total. The molecule has 2 aromatic rings. The lowest BCUT2D eigenvalue weighted by atomic mass is 10.3. The van der Waals surface area contributed by atoms with Crippen LogP contribution in [0.5, 0.6) is 0 Å². The number of anilines is 1. The lowest BCUT2D eigenvalue weighted by molar-refractivity contribution is 0.542. The van der Waals surface area contributed by atoms with E-state index in [1.165, 1.54) is 0 Å². The Morgan fingerprint density at radius 2 is 1.44 bits per heavy atom. The summed E-state index contributed by atoms with van der Waals surface area (Å²) in [5.74, 6) is 0. The quantitative estimate of drug-likeness (QED) is 0.676.